The number of benzene rings is 2. The van der Waals surface area contributed by atoms with Gasteiger partial charge in [-0.3, -0.25) is 4.79 Å². The molecule has 2 saturated carbocycles. The van der Waals surface area contributed by atoms with Crippen LogP contribution in [0.15, 0.2) is 66.0 Å². The van der Waals surface area contributed by atoms with Gasteiger partial charge in [-0.25, -0.2) is 8.78 Å². The summed E-state index contributed by atoms with van der Waals surface area (Å²) in [5, 5.41) is 9.38. The quantitative estimate of drug-likeness (QED) is 0.332. The van der Waals surface area contributed by atoms with Crippen molar-refractivity contribution >= 4 is 11.5 Å². The van der Waals surface area contributed by atoms with Crippen molar-refractivity contribution in [3.63, 3.8) is 0 Å². The first-order valence-corrected chi connectivity index (χ1v) is 14.0. The van der Waals surface area contributed by atoms with Crippen molar-refractivity contribution in [2.75, 3.05) is 13.7 Å². The van der Waals surface area contributed by atoms with Gasteiger partial charge in [-0.1, -0.05) is 44.5 Å². The van der Waals surface area contributed by atoms with E-state index in [9.17, 15) is 9.90 Å². The van der Waals surface area contributed by atoms with Gasteiger partial charge in [-0.2, -0.15) is 0 Å². The van der Waals surface area contributed by atoms with Gasteiger partial charge >= 0.3 is 5.97 Å². The first-order chi connectivity index (χ1) is 18.6. The summed E-state index contributed by atoms with van der Waals surface area (Å²) < 4.78 is 44.5. The fraction of sp³-hybridized carbons (Fsp3) is 0.485. The van der Waals surface area contributed by atoms with Crippen molar-refractivity contribution in [2.45, 2.75) is 70.4 Å². The number of carboxylic acids is 1. The lowest BCUT2D eigenvalue weighted by molar-refractivity contribution is -0.137. The Hall–Kier alpha value is -3.15. The molecule has 0 spiro atoms. The Kier molecular flexibility index (Phi) is 7.58. The third kappa shape index (κ3) is 5.75. The number of hydrogen-bond donors (Lipinski definition) is 1. The van der Waals surface area contributed by atoms with Crippen molar-refractivity contribution in [1.82, 2.24) is 0 Å². The highest BCUT2D eigenvalue weighted by molar-refractivity contribution is 5.77. The second kappa shape index (κ2) is 10.8. The molecule has 4 nitrogen and oxygen atoms in total. The summed E-state index contributed by atoms with van der Waals surface area (Å²) in [5.41, 5.74) is 0.256. The molecule has 39 heavy (non-hydrogen) atoms. The van der Waals surface area contributed by atoms with Crippen LogP contribution < -0.4 is 9.47 Å². The van der Waals surface area contributed by atoms with Crippen molar-refractivity contribution in [2.24, 2.45) is 17.3 Å². The molecule has 3 atom stereocenters. The summed E-state index contributed by atoms with van der Waals surface area (Å²) in [7, 11) is 1.57. The van der Waals surface area contributed by atoms with E-state index in [4.69, 9.17) is 9.47 Å². The first kappa shape index (κ1) is 27.4. The van der Waals surface area contributed by atoms with Crippen LogP contribution in [-0.2, 0) is 4.79 Å². The standard InChI is InChI=1S/C33H38F2O4/c1-32(2)14-6-11-30(32)33(35)19-24(29(34)18-28(33)23-8-5-9-25(16-23)38-3)20-39-26-10-4-7-22(15-26)27(17-31(36)37)21-12-13-21/h4-5,7-10,15-16,18,21,27,30H,6,11-14,17,19-20H2,1-3H3,(H,36,37)/t27-,30+,33?/m0/s1. The Morgan fingerprint density at radius 3 is 2.51 bits per heavy atom. The molecule has 2 aromatic rings. The Balaban J connectivity index is 1.43. The lowest BCUT2D eigenvalue weighted by Gasteiger charge is -2.43. The Bertz CT molecular complexity index is 1290. The zero-order chi connectivity index (χ0) is 27.8. The molecule has 2 aromatic carbocycles. The normalized spacial score (nSPS) is 25.3. The number of carboxylic acid groups (broad SMARTS) is 1. The largest absolute Gasteiger partial charge is 0.497 e. The van der Waals surface area contributed by atoms with E-state index in [0.29, 0.717) is 34.1 Å². The molecule has 0 saturated heterocycles. The van der Waals surface area contributed by atoms with Gasteiger partial charge in [-0.15, -0.1) is 0 Å². The van der Waals surface area contributed by atoms with Crippen LogP contribution in [0.25, 0.3) is 5.57 Å². The molecule has 0 amide bonds. The molecule has 6 heteroatoms. The Labute approximate surface area is 229 Å². The maximum atomic E-state index is 17.5. The minimum atomic E-state index is -1.75. The second-order valence-corrected chi connectivity index (χ2v) is 12.1. The molecule has 2 fully saturated rings. The third-order valence-electron chi connectivity index (χ3n) is 9.00. The number of carbonyl (C=O) groups is 1. The fourth-order valence-electron chi connectivity index (χ4n) is 6.81. The van der Waals surface area contributed by atoms with E-state index >= 15 is 8.78 Å². The minimum absolute atomic E-state index is 0.0619. The van der Waals surface area contributed by atoms with Gasteiger partial charge in [0.2, 0.25) is 0 Å². The topological polar surface area (TPSA) is 55.8 Å². The van der Waals surface area contributed by atoms with E-state index in [2.05, 4.69) is 13.8 Å². The van der Waals surface area contributed by atoms with Crippen LogP contribution in [0.4, 0.5) is 8.78 Å². The van der Waals surface area contributed by atoms with Crippen molar-refractivity contribution in [3.05, 3.63) is 77.1 Å². The monoisotopic (exact) mass is 536 g/mol. The van der Waals surface area contributed by atoms with Gasteiger partial charge in [0.1, 0.15) is 29.6 Å². The minimum Gasteiger partial charge on any atom is -0.497 e. The average molecular weight is 537 g/mol. The Morgan fingerprint density at radius 2 is 1.85 bits per heavy atom. The van der Waals surface area contributed by atoms with Crippen LogP contribution in [0.3, 0.4) is 0 Å². The fourth-order valence-corrected chi connectivity index (χ4v) is 6.81. The molecule has 0 aliphatic heterocycles. The summed E-state index contributed by atoms with van der Waals surface area (Å²) in [6.45, 7) is 4.15. The molecule has 1 N–H and O–H groups in total. The van der Waals surface area contributed by atoms with Gasteiger partial charge in [0, 0.05) is 17.9 Å². The summed E-state index contributed by atoms with van der Waals surface area (Å²) >= 11 is 0. The van der Waals surface area contributed by atoms with Crippen LogP contribution in [0.5, 0.6) is 11.5 Å². The highest BCUT2D eigenvalue weighted by Crippen LogP contribution is 2.57. The molecule has 5 rings (SSSR count). The van der Waals surface area contributed by atoms with Crippen LogP contribution in [0.1, 0.15) is 75.8 Å². The lowest BCUT2D eigenvalue weighted by Crippen LogP contribution is -2.42. The van der Waals surface area contributed by atoms with Gasteiger partial charge in [0.15, 0.2) is 0 Å². The number of allylic oxidation sites excluding steroid dienone is 3. The molecule has 0 bridgehead atoms. The van der Waals surface area contributed by atoms with E-state index in [1.54, 1.807) is 25.3 Å². The van der Waals surface area contributed by atoms with Crippen molar-refractivity contribution in [1.29, 1.82) is 0 Å². The molecule has 3 aliphatic rings. The van der Waals surface area contributed by atoms with E-state index in [1.807, 2.05) is 30.3 Å². The number of hydrogen-bond acceptors (Lipinski definition) is 3. The van der Waals surface area contributed by atoms with E-state index < -0.39 is 17.5 Å². The highest BCUT2D eigenvalue weighted by atomic mass is 19.1. The summed E-state index contributed by atoms with van der Waals surface area (Å²) in [5.74, 6) is -0.0891. The zero-order valence-corrected chi connectivity index (χ0v) is 23.0. The zero-order valence-electron chi connectivity index (χ0n) is 23.0. The molecule has 208 valence electrons. The number of methoxy groups -OCH3 is 1. The van der Waals surface area contributed by atoms with Crippen LogP contribution in [-0.4, -0.2) is 30.5 Å². The van der Waals surface area contributed by atoms with E-state index in [-0.39, 0.29) is 36.7 Å². The molecular weight excluding hydrogens is 498 g/mol. The van der Waals surface area contributed by atoms with Gasteiger partial charge in [0.25, 0.3) is 0 Å². The van der Waals surface area contributed by atoms with Crippen molar-refractivity contribution < 1.29 is 28.2 Å². The number of alkyl halides is 1. The smallest absolute Gasteiger partial charge is 0.303 e. The van der Waals surface area contributed by atoms with Gasteiger partial charge < -0.3 is 14.6 Å². The second-order valence-electron chi connectivity index (χ2n) is 12.1. The Morgan fingerprint density at radius 1 is 1.10 bits per heavy atom. The maximum Gasteiger partial charge on any atom is 0.303 e. The molecular formula is C33H38F2O4. The number of halogens is 2. The third-order valence-corrected chi connectivity index (χ3v) is 9.00. The molecule has 1 unspecified atom stereocenters. The summed E-state index contributed by atoms with van der Waals surface area (Å²) in [4.78, 5) is 11.4. The van der Waals surface area contributed by atoms with Crippen LogP contribution in [0, 0.1) is 17.3 Å². The SMILES string of the molecule is COc1cccc(C2=CC(F)=C(COc3cccc([C@@H](CC(=O)O)C4CC4)c3)CC2(F)[C@@H]2CCCC2(C)C)c1. The van der Waals surface area contributed by atoms with Crippen molar-refractivity contribution in [3.8, 4) is 11.5 Å². The maximum absolute atomic E-state index is 17.5. The average Bonchev–Trinajstić information content (AvgIpc) is 3.69. The number of ether oxygens (including phenoxy) is 2. The molecule has 0 aromatic heterocycles. The lowest BCUT2D eigenvalue weighted by atomic mass is 9.65. The number of rotatable bonds is 10. The number of aliphatic carboxylic acids is 1. The predicted molar refractivity (Wildman–Crippen MR) is 148 cm³/mol. The van der Waals surface area contributed by atoms with Crippen LogP contribution in [0.2, 0.25) is 0 Å². The predicted octanol–water partition coefficient (Wildman–Crippen LogP) is 8.29. The molecule has 0 radical (unpaired) electrons. The first-order valence-electron chi connectivity index (χ1n) is 14.0. The highest BCUT2D eigenvalue weighted by Gasteiger charge is 2.53. The summed E-state index contributed by atoms with van der Waals surface area (Å²) in [6, 6.07) is 14.6. The van der Waals surface area contributed by atoms with Gasteiger partial charge in [-0.05, 0) is 90.0 Å². The summed E-state index contributed by atoms with van der Waals surface area (Å²) in [6.07, 6.45) is 6.04. The molecule has 3 aliphatic carbocycles. The van der Waals surface area contributed by atoms with Gasteiger partial charge in [0.05, 0.1) is 13.5 Å². The van der Waals surface area contributed by atoms with Crippen LogP contribution >= 0.6 is 0 Å². The van der Waals surface area contributed by atoms with E-state index in [1.165, 1.54) is 6.08 Å². The molecule has 0 heterocycles. The van der Waals surface area contributed by atoms with E-state index in [0.717, 1.165) is 37.7 Å².